The fourth-order valence-corrected chi connectivity index (χ4v) is 3.91. The first-order valence-electron chi connectivity index (χ1n) is 8.88. The van der Waals surface area contributed by atoms with Crippen molar-refractivity contribution in [3.05, 3.63) is 45.7 Å². The van der Waals surface area contributed by atoms with E-state index in [2.05, 4.69) is 15.2 Å². The molecule has 1 aliphatic rings. The average Bonchev–Trinajstić information content (AvgIpc) is 3.13. The molecule has 0 unspecified atom stereocenters. The van der Waals surface area contributed by atoms with E-state index >= 15 is 0 Å². The van der Waals surface area contributed by atoms with Gasteiger partial charge in [-0.1, -0.05) is 6.07 Å². The number of carbonyl (C=O) groups excluding carboxylic acids is 1. The molecule has 0 saturated carbocycles. The molecule has 1 aromatic heterocycles. The van der Waals surface area contributed by atoms with Crippen LogP contribution in [0.5, 0.6) is 5.75 Å². The quantitative estimate of drug-likeness (QED) is 0.784. The summed E-state index contributed by atoms with van der Waals surface area (Å²) in [6, 6.07) is 5.19. The van der Waals surface area contributed by atoms with Gasteiger partial charge in [-0.15, -0.1) is 11.3 Å². The van der Waals surface area contributed by atoms with E-state index in [0.717, 1.165) is 36.5 Å². The molecule has 2 heterocycles. The first-order valence-corrected chi connectivity index (χ1v) is 9.76. The molecule has 8 heteroatoms. The second-order valence-corrected chi connectivity index (χ2v) is 7.49. The zero-order valence-corrected chi connectivity index (χ0v) is 16.4. The van der Waals surface area contributed by atoms with Crippen LogP contribution in [0.15, 0.2) is 23.6 Å². The summed E-state index contributed by atoms with van der Waals surface area (Å²) in [6.45, 7) is 2.81. The predicted octanol–water partition coefficient (Wildman–Crippen LogP) is 2.83. The third kappa shape index (κ3) is 5.24. The number of benzene rings is 1. The van der Waals surface area contributed by atoms with Crippen LogP contribution in [0.4, 0.5) is 4.39 Å². The minimum atomic E-state index is -0.340. The maximum Gasteiger partial charge on any atom is 0.270 e. The fraction of sp³-hybridized carbons (Fsp3) is 0.474. The Kier molecular flexibility index (Phi) is 6.76. The number of rotatable bonds is 7. The van der Waals surface area contributed by atoms with Crippen molar-refractivity contribution in [3.8, 4) is 5.75 Å². The first kappa shape index (κ1) is 19.7. The maximum absolute atomic E-state index is 13.8. The smallest absolute Gasteiger partial charge is 0.270 e. The van der Waals surface area contributed by atoms with Crippen LogP contribution in [0.1, 0.15) is 33.9 Å². The van der Waals surface area contributed by atoms with Gasteiger partial charge in [0, 0.05) is 38.2 Å². The Morgan fingerprint density at radius 3 is 2.81 bits per heavy atom. The van der Waals surface area contributed by atoms with Gasteiger partial charge in [0.1, 0.15) is 10.7 Å². The SMILES string of the molecule is COCc1nc(C(=O)NC2CCN(Cc3ccc(OC)c(F)c3)CC2)cs1. The maximum atomic E-state index is 13.8. The molecule has 27 heavy (non-hydrogen) atoms. The van der Waals surface area contributed by atoms with Crippen LogP contribution in [-0.4, -0.2) is 49.1 Å². The molecule has 0 bridgehead atoms. The molecular formula is C19H24FN3O3S. The van der Waals surface area contributed by atoms with Crippen LogP contribution < -0.4 is 10.1 Å². The van der Waals surface area contributed by atoms with Gasteiger partial charge >= 0.3 is 0 Å². The Labute approximate surface area is 162 Å². The minimum absolute atomic E-state index is 0.133. The van der Waals surface area contributed by atoms with Crippen LogP contribution in [-0.2, 0) is 17.9 Å². The van der Waals surface area contributed by atoms with Gasteiger partial charge in [-0.3, -0.25) is 9.69 Å². The lowest BCUT2D eigenvalue weighted by molar-refractivity contribution is 0.0904. The lowest BCUT2D eigenvalue weighted by Gasteiger charge is -2.32. The number of piperidine rings is 1. The summed E-state index contributed by atoms with van der Waals surface area (Å²) < 4.78 is 23.8. The zero-order chi connectivity index (χ0) is 19.2. The number of likely N-dealkylation sites (tertiary alicyclic amines) is 1. The highest BCUT2D eigenvalue weighted by molar-refractivity contribution is 7.09. The van der Waals surface area contributed by atoms with Crippen molar-refractivity contribution < 1.29 is 18.7 Å². The van der Waals surface area contributed by atoms with Gasteiger partial charge in [-0.25, -0.2) is 9.37 Å². The molecule has 6 nitrogen and oxygen atoms in total. The molecule has 146 valence electrons. The van der Waals surface area contributed by atoms with Crippen molar-refractivity contribution in [1.29, 1.82) is 0 Å². The second kappa shape index (κ2) is 9.25. The molecule has 1 aromatic carbocycles. The molecule has 0 aliphatic carbocycles. The largest absolute Gasteiger partial charge is 0.494 e. The number of thiazole rings is 1. The number of methoxy groups -OCH3 is 2. The van der Waals surface area contributed by atoms with Crippen molar-refractivity contribution in [2.45, 2.75) is 32.0 Å². The van der Waals surface area contributed by atoms with E-state index in [9.17, 15) is 9.18 Å². The topological polar surface area (TPSA) is 63.7 Å². The first-order chi connectivity index (χ1) is 13.1. The lowest BCUT2D eigenvalue weighted by Crippen LogP contribution is -2.44. The van der Waals surface area contributed by atoms with Crippen LogP contribution in [0.2, 0.25) is 0 Å². The van der Waals surface area contributed by atoms with Gasteiger partial charge in [0.25, 0.3) is 5.91 Å². The van der Waals surface area contributed by atoms with Crippen molar-refractivity contribution >= 4 is 17.2 Å². The van der Waals surface area contributed by atoms with Crippen molar-refractivity contribution in [2.24, 2.45) is 0 Å². The second-order valence-electron chi connectivity index (χ2n) is 6.55. The van der Waals surface area contributed by atoms with Crippen molar-refractivity contribution in [2.75, 3.05) is 27.3 Å². The monoisotopic (exact) mass is 393 g/mol. The van der Waals surface area contributed by atoms with Crippen molar-refractivity contribution in [1.82, 2.24) is 15.2 Å². The minimum Gasteiger partial charge on any atom is -0.494 e. The molecule has 1 saturated heterocycles. The van der Waals surface area contributed by atoms with Crippen LogP contribution in [0.25, 0.3) is 0 Å². The van der Waals surface area contributed by atoms with Gasteiger partial charge in [0.05, 0.1) is 13.7 Å². The molecule has 1 N–H and O–H groups in total. The summed E-state index contributed by atoms with van der Waals surface area (Å²) in [4.78, 5) is 18.9. The summed E-state index contributed by atoms with van der Waals surface area (Å²) in [5.74, 6) is -0.214. The Hall–Kier alpha value is -2.03. The highest BCUT2D eigenvalue weighted by Crippen LogP contribution is 2.20. The number of aromatic nitrogens is 1. The molecule has 1 fully saturated rings. The highest BCUT2D eigenvalue weighted by Gasteiger charge is 2.22. The number of halogens is 1. The Balaban J connectivity index is 1.47. The number of hydrogen-bond acceptors (Lipinski definition) is 6. The molecule has 0 radical (unpaired) electrons. The predicted molar refractivity (Wildman–Crippen MR) is 102 cm³/mol. The van der Waals surface area contributed by atoms with Crippen molar-refractivity contribution in [3.63, 3.8) is 0 Å². The molecule has 2 aromatic rings. The standard InChI is InChI=1S/C19H24FN3O3S/c1-25-11-18-22-16(12-27-18)19(24)21-14-5-7-23(8-6-14)10-13-3-4-17(26-2)15(20)9-13/h3-4,9,12,14H,5-8,10-11H2,1-2H3,(H,21,24). The summed E-state index contributed by atoms with van der Waals surface area (Å²) >= 11 is 1.43. The van der Waals surface area contributed by atoms with E-state index in [1.54, 1.807) is 18.6 Å². The number of hydrogen-bond donors (Lipinski definition) is 1. The van der Waals surface area contributed by atoms with Gasteiger partial charge in [0.15, 0.2) is 11.6 Å². The van der Waals surface area contributed by atoms with Gasteiger partial charge in [-0.05, 0) is 30.5 Å². The summed E-state index contributed by atoms with van der Waals surface area (Å²) in [7, 11) is 3.07. The summed E-state index contributed by atoms with van der Waals surface area (Å²) in [6.07, 6.45) is 1.72. The van der Waals surface area contributed by atoms with E-state index in [1.807, 2.05) is 6.07 Å². The lowest BCUT2D eigenvalue weighted by atomic mass is 10.0. The fourth-order valence-electron chi connectivity index (χ4n) is 3.17. The normalized spacial score (nSPS) is 15.7. The van der Waals surface area contributed by atoms with E-state index in [1.165, 1.54) is 24.5 Å². The number of ether oxygens (including phenoxy) is 2. The molecule has 0 spiro atoms. The van der Waals surface area contributed by atoms with Crippen LogP contribution in [0, 0.1) is 5.82 Å². The van der Waals surface area contributed by atoms with Crippen LogP contribution in [0.3, 0.4) is 0 Å². The zero-order valence-electron chi connectivity index (χ0n) is 15.5. The number of amides is 1. The number of carbonyl (C=O) groups is 1. The molecule has 1 aliphatic heterocycles. The van der Waals surface area contributed by atoms with E-state index in [-0.39, 0.29) is 23.5 Å². The average molecular weight is 393 g/mol. The highest BCUT2D eigenvalue weighted by atomic mass is 32.1. The molecule has 3 rings (SSSR count). The van der Waals surface area contributed by atoms with E-state index < -0.39 is 0 Å². The third-order valence-electron chi connectivity index (χ3n) is 4.60. The van der Waals surface area contributed by atoms with Gasteiger partial charge in [0.2, 0.25) is 0 Å². The molecule has 1 amide bonds. The Morgan fingerprint density at radius 2 is 2.15 bits per heavy atom. The number of nitrogens with zero attached hydrogens (tertiary/aromatic N) is 2. The van der Waals surface area contributed by atoms with Gasteiger partial charge in [-0.2, -0.15) is 0 Å². The Bertz CT molecular complexity index is 775. The van der Waals surface area contributed by atoms with E-state index in [0.29, 0.717) is 18.8 Å². The van der Waals surface area contributed by atoms with Gasteiger partial charge < -0.3 is 14.8 Å². The number of nitrogens with one attached hydrogen (secondary N) is 1. The summed E-state index contributed by atoms with van der Waals surface area (Å²) in [5, 5.41) is 5.62. The third-order valence-corrected chi connectivity index (χ3v) is 5.42. The molecular weight excluding hydrogens is 369 g/mol. The summed E-state index contributed by atoms with van der Waals surface area (Å²) in [5.41, 5.74) is 1.37. The van der Waals surface area contributed by atoms with E-state index in [4.69, 9.17) is 9.47 Å². The molecule has 0 atom stereocenters. The van der Waals surface area contributed by atoms with Crippen LogP contribution >= 0.6 is 11.3 Å². The Morgan fingerprint density at radius 1 is 1.37 bits per heavy atom.